The second kappa shape index (κ2) is 7.51. The SMILES string of the molecule is Cn1ccnc1Sc1ccc(Nc2ccnc3[nH]c(=O)c4ccccc4c23)cc1Cl. The van der Waals surface area contributed by atoms with Crippen LogP contribution < -0.4 is 10.9 Å². The molecule has 3 aromatic heterocycles. The number of rotatable bonds is 4. The minimum Gasteiger partial charge on any atom is -0.355 e. The molecule has 0 amide bonds. The number of halogens is 1. The van der Waals surface area contributed by atoms with Gasteiger partial charge in [-0.25, -0.2) is 9.97 Å². The number of nitrogens with zero attached hydrogens (tertiary/aromatic N) is 3. The van der Waals surface area contributed by atoms with Gasteiger partial charge in [0.25, 0.3) is 5.56 Å². The molecular formula is C22H16ClN5OS. The molecule has 8 heteroatoms. The van der Waals surface area contributed by atoms with E-state index in [1.165, 1.54) is 11.8 Å². The van der Waals surface area contributed by atoms with Gasteiger partial charge >= 0.3 is 0 Å². The van der Waals surface area contributed by atoms with Crippen molar-refractivity contribution in [2.75, 3.05) is 5.32 Å². The maximum absolute atomic E-state index is 12.4. The summed E-state index contributed by atoms with van der Waals surface area (Å²) in [6.07, 6.45) is 5.33. The summed E-state index contributed by atoms with van der Waals surface area (Å²) in [6, 6.07) is 15.2. The lowest BCUT2D eigenvalue weighted by molar-refractivity contribution is 0.790. The summed E-state index contributed by atoms with van der Waals surface area (Å²) >= 11 is 8.05. The molecule has 0 unspecified atom stereocenters. The number of aryl methyl sites for hydroxylation is 1. The van der Waals surface area contributed by atoms with Crippen LogP contribution >= 0.6 is 23.4 Å². The molecule has 0 aliphatic rings. The Balaban J connectivity index is 1.55. The summed E-state index contributed by atoms with van der Waals surface area (Å²) in [6.45, 7) is 0. The minimum atomic E-state index is -0.151. The Morgan fingerprint density at radius 1 is 1.07 bits per heavy atom. The van der Waals surface area contributed by atoms with Crippen molar-refractivity contribution in [1.82, 2.24) is 19.5 Å². The second-order valence-corrected chi connectivity index (χ2v) is 8.19. The quantitative estimate of drug-likeness (QED) is 0.373. The van der Waals surface area contributed by atoms with Crippen LogP contribution in [0, 0.1) is 0 Å². The fourth-order valence-electron chi connectivity index (χ4n) is 3.37. The van der Waals surface area contributed by atoms with Crippen LogP contribution in [0.2, 0.25) is 5.02 Å². The van der Waals surface area contributed by atoms with Crippen LogP contribution in [-0.2, 0) is 7.05 Å². The normalized spacial score (nSPS) is 11.3. The highest BCUT2D eigenvalue weighted by Gasteiger charge is 2.12. The van der Waals surface area contributed by atoms with Crippen molar-refractivity contribution in [3.63, 3.8) is 0 Å². The first-order chi connectivity index (χ1) is 14.6. The van der Waals surface area contributed by atoms with Crippen LogP contribution in [0.1, 0.15) is 0 Å². The molecule has 0 saturated carbocycles. The fraction of sp³-hybridized carbons (Fsp3) is 0.0455. The monoisotopic (exact) mass is 433 g/mol. The molecule has 0 saturated heterocycles. The molecule has 0 radical (unpaired) electrons. The van der Waals surface area contributed by atoms with Crippen LogP contribution in [0.15, 0.2) is 82.0 Å². The predicted octanol–water partition coefficient (Wildman–Crippen LogP) is 5.36. The summed E-state index contributed by atoms with van der Waals surface area (Å²) in [4.78, 5) is 24.8. The maximum Gasteiger partial charge on any atom is 0.257 e. The smallest absolute Gasteiger partial charge is 0.257 e. The van der Waals surface area contributed by atoms with Gasteiger partial charge in [-0.2, -0.15) is 0 Å². The predicted molar refractivity (Wildman–Crippen MR) is 122 cm³/mol. The van der Waals surface area contributed by atoms with Crippen molar-refractivity contribution in [1.29, 1.82) is 0 Å². The average molecular weight is 434 g/mol. The number of benzene rings is 2. The van der Waals surface area contributed by atoms with E-state index in [-0.39, 0.29) is 5.56 Å². The van der Waals surface area contributed by atoms with Crippen molar-refractivity contribution >= 4 is 56.5 Å². The molecule has 5 rings (SSSR count). The largest absolute Gasteiger partial charge is 0.355 e. The maximum atomic E-state index is 12.4. The molecule has 148 valence electrons. The van der Waals surface area contributed by atoms with Crippen LogP contribution in [0.5, 0.6) is 0 Å². The van der Waals surface area contributed by atoms with E-state index in [4.69, 9.17) is 11.6 Å². The van der Waals surface area contributed by atoms with Crippen molar-refractivity contribution in [2.45, 2.75) is 10.1 Å². The molecule has 3 heterocycles. The Morgan fingerprint density at radius 2 is 1.90 bits per heavy atom. The topological polar surface area (TPSA) is 75.6 Å². The Bertz CT molecular complexity index is 1460. The molecule has 2 N–H and O–H groups in total. The van der Waals surface area contributed by atoms with Crippen LogP contribution in [-0.4, -0.2) is 19.5 Å². The van der Waals surface area contributed by atoms with Gasteiger partial charge in [0.15, 0.2) is 5.16 Å². The first kappa shape index (κ1) is 18.7. The summed E-state index contributed by atoms with van der Waals surface area (Å²) in [5, 5.41) is 7.25. The van der Waals surface area contributed by atoms with Gasteiger partial charge < -0.3 is 14.9 Å². The molecule has 0 aliphatic carbocycles. The van der Waals surface area contributed by atoms with Gasteiger partial charge in [-0.3, -0.25) is 4.79 Å². The molecule has 0 bridgehead atoms. The van der Waals surface area contributed by atoms with E-state index in [0.717, 1.165) is 32.2 Å². The van der Waals surface area contributed by atoms with E-state index in [0.29, 0.717) is 16.1 Å². The van der Waals surface area contributed by atoms with E-state index in [2.05, 4.69) is 20.3 Å². The van der Waals surface area contributed by atoms with Crippen molar-refractivity contribution in [3.05, 3.63) is 82.5 Å². The lowest BCUT2D eigenvalue weighted by Crippen LogP contribution is -2.08. The zero-order valence-electron chi connectivity index (χ0n) is 15.9. The zero-order chi connectivity index (χ0) is 20.7. The number of fused-ring (bicyclic) bond motifs is 3. The number of aromatic amines is 1. The van der Waals surface area contributed by atoms with Crippen molar-refractivity contribution < 1.29 is 0 Å². The molecular weight excluding hydrogens is 418 g/mol. The molecule has 30 heavy (non-hydrogen) atoms. The number of H-pyrrole nitrogens is 1. The number of hydrogen-bond acceptors (Lipinski definition) is 5. The molecule has 0 atom stereocenters. The van der Waals surface area contributed by atoms with Gasteiger partial charge in [-0.05, 0) is 30.3 Å². The summed E-state index contributed by atoms with van der Waals surface area (Å²) in [7, 11) is 1.95. The third kappa shape index (κ3) is 3.32. The first-order valence-electron chi connectivity index (χ1n) is 9.21. The number of anilines is 2. The van der Waals surface area contributed by atoms with Gasteiger partial charge in [0, 0.05) is 52.4 Å². The third-order valence-corrected chi connectivity index (χ3v) is 6.39. The number of pyridine rings is 2. The lowest BCUT2D eigenvalue weighted by Gasteiger charge is -2.13. The van der Waals surface area contributed by atoms with E-state index in [1.54, 1.807) is 12.4 Å². The van der Waals surface area contributed by atoms with E-state index in [9.17, 15) is 4.79 Å². The highest BCUT2D eigenvalue weighted by molar-refractivity contribution is 7.99. The Morgan fingerprint density at radius 3 is 2.67 bits per heavy atom. The Kier molecular flexibility index (Phi) is 4.69. The van der Waals surface area contributed by atoms with Gasteiger partial charge in [0.2, 0.25) is 0 Å². The highest BCUT2D eigenvalue weighted by Crippen LogP contribution is 2.35. The van der Waals surface area contributed by atoms with Gasteiger partial charge in [0.05, 0.1) is 10.7 Å². The van der Waals surface area contributed by atoms with Crippen molar-refractivity contribution in [3.8, 4) is 0 Å². The Hall–Kier alpha value is -3.29. The fourth-order valence-corrected chi connectivity index (χ4v) is 4.48. The summed E-state index contributed by atoms with van der Waals surface area (Å²) in [5.74, 6) is 0. The third-order valence-electron chi connectivity index (χ3n) is 4.81. The second-order valence-electron chi connectivity index (χ2n) is 6.77. The van der Waals surface area contributed by atoms with Crippen LogP contribution in [0.25, 0.3) is 21.8 Å². The highest BCUT2D eigenvalue weighted by atomic mass is 35.5. The van der Waals surface area contributed by atoms with Crippen molar-refractivity contribution in [2.24, 2.45) is 7.05 Å². The summed E-state index contributed by atoms with van der Waals surface area (Å²) in [5.41, 5.74) is 2.07. The molecule has 0 spiro atoms. The molecule has 2 aromatic carbocycles. The van der Waals surface area contributed by atoms with Gasteiger partial charge in [-0.15, -0.1) is 0 Å². The summed E-state index contributed by atoms with van der Waals surface area (Å²) < 4.78 is 1.95. The number of nitrogens with one attached hydrogen (secondary N) is 2. The first-order valence-corrected chi connectivity index (χ1v) is 10.4. The lowest BCUT2D eigenvalue weighted by atomic mass is 10.1. The number of imidazole rings is 1. The van der Waals surface area contributed by atoms with E-state index >= 15 is 0 Å². The molecule has 5 aromatic rings. The standard InChI is InChI=1S/C22H16ClN5OS/c1-28-11-10-25-22(28)30-18-7-6-13(12-16(18)23)26-17-8-9-24-20-19(17)14-4-2-3-5-15(14)21(29)27-20/h2-12H,1H3,(H2,24,26,27,29). The van der Waals surface area contributed by atoms with E-state index < -0.39 is 0 Å². The van der Waals surface area contributed by atoms with Crippen LogP contribution in [0.3, 0.4) is 0 Å². The van der Waals surface area contributed by atoms with Crippen LogP contribution in [0.4, 0.5) is 11.4 Å². The number of hydrogen-bond donors (Lipinski definition) is 2. The average Bonchev–Trinajstić information content (AvgIpc) is 3.15. The molecule has 0 aliphatic heterocycles. The zero-order valence-corrected chi connectivity index (χ0v) is 17.5. The van der Waals surface area contributed by atoms with Gasteiger partial charge in [-0.1, -0.05) is 41.6 Å². The minimum absolute atomic E-state index is 0.151. The van der Waals surface area contributed by atoms with Gasteiger partial charge in [0.1, 0.15) is 5.65 Å². The molecule has 6 nitrogen and oxygen atoms in total. The number of aromatic nitrogens is 4. The van der Waals surface area contributed by atoms with E-state index in [1.807, 2.05) is 66.3 Å². The Labute approximate surface area is 180 Å². The molecule has 0 fully saturated rings.